The molecule has 0 spiro atoms. The molecule has 5 unspecified atom stereocenters. The van der Waals surface area contributed by atoms with E-state index in [1.807, 2.05) is 0 Å². The van der Waals surface area contributed by atoms with Crippen LogP contribution in [0.1, 0.15) is 13.3 Å². The van der Waals surface area contributed by atoms with Gasteiger partial charge in [-0.15, -0.1) is 0 Å². The number of rotatable bonds is 14. The molecule has 1 aliphatic heterocycles. The molecule has 0 aliphatic carbocycles. The normalized spacial score (nSPS) is 25.7. The fourth-order valence-corrected chi connectivity index (χ4v) is 2.61. The number of nitrogens with one attached hydrogen (secondary N) is 2. The Morgan fingerprint density at radius 3 is 2.41 bits per heavy atom. The van der Waals surface area contributed by atoms with Crippen LogP contribution in [0.4, 0.5) is 0 Å². The molecule has 0 radical (unpaired) electrons. The van der Waals surface area contributed by atoms with Crippen molar-refractivity contribution in [2.45, 2.75) is 50.1 Å². The zero-order valence-corrected chi connectivity index (χ0v) is 15.4. The highest BCUT2D eigenvalue weighted by molar-refractivity contribution is 5.73. The molecular weight excluding hydrogens is 364 g/mol. The highest BCUT2D eigenvalue weighted by atomic mass is 16.6. The van der Waals surface area contributed by atoms with Gasteiger partial charge in [-0.1, -0.05) is 6.92 Å². The fraction of sp³-hybridized carbons (Fsp3) is 0.938. The van der Waals surface area contributed by atoms with Crippen molar-refractivity contribution in [3.8, 4) is 0 Å². The Morgan fingerprint density at radius 1 is 1.15 bits per heavy atom. The topological polar surface area (TPSA) is 181 Å². The Kier molecular flexibility index (Phi) is 11.2. The summed E-state index contributed by atoms with van der Waals surface area (Å²) in [6.07, 6.45) is -6.17. The van der Waals surface area contributed by atoms with Gasteiger partial charge in [0, 0.05) is 38.6 Å². The number of carboxylic acids is 1. The third-order valence-corrected chi connectivity index (χ3v) is 4.45. The zero-order chi connectivity index (χ0) is 20.4. The third-order valence-electron chi connectivity index (χ3n) is 4.45. The molecule has 1 saturated heterocycles. The van der Waals surface area contributed by atoms with E-state index in [0.717, 1.165) is 0 Å². The molecule has 8 N–H and O–H groups in total. The van der Waals surface area contributed by atoms with E-state index in [0.29, 0.717) is 32.7 Å². The lowest BCUT2D eigenvalue weighted by atomic mass is 9.97. The minimum absolute atomic E-state index is 0.0443. The molecule has 1 fully saturated rings. The van der Waals surface area contributed by atoms with Crippen molar-refractivity contribution in [3.05, 3.63) is 0 Å². The first kappa shape index (κ1) is 24.1. The van der Waals surface area contributed by atoms with Gasteiger partial charge in [0.05, 0.1) is 25.4 Å². The van der Waals surface area contributed by atoms with E-state index in [4.69, 9.17) is 19.7 Å². The summed E-state index contributed by atoms with van der Waals surface area (Å²) in [6, 6.07) is -0.571. The first-order chi connectivity index (χ1) is 12.8. The minimum Gasteiger partial charge on any atom is -0.480 e. The third kappa shape index (κ3) is 8.34. The van der Waals surface area contributed by atoms with Crippen LogP contribution in [0.15, 0.2) is 0 Å². The monoisotopic (exact) mass is 396 g/mol. The molecule has 27 heavy (non-hydrogen) atoms. The van der Waals surface area contributed by atoms with Crippen LogP contribution in [0.3, 0.4) is 0 Å². The summed E-state index contributed by atoms with van der Waals surface area (Å²) in [4.78, 5) is 10.8. The Balaban J connectivity index is 2.08. The summed E-state index contributed by atoms with van der Waals surface area (Å²) in [5, 5.41) is 62.6. The maximum atomic E-state index is 10.8. The summed E-state index contributed by atoms with van der Waals surface area (Å²) < 4.78 is 10.5. The summed E-state index contributed by atoms with van der Waals surface area (Å²) >= 11 is 0. The molecule has 7 atom stereocenters. The first-order valence-electron chi connectivity index (χ1n) is 9.01. The van der Waals surface area contributed by atoms with Crippen molar-refractivity contribution >= 4 is 5.97 Å². The number of carboxylic acid groups (broad SMARTS) is 1. The van der Waals surface area contributed by atoms with Crippen LogP contribution in [0, 0.1) is 5.92 Å². The number of hydrogen-bond donors (Lipinski definition) is 8. The van der Waals surface area contributed by atoms with E-state index in [9.17, 15) is 25.2 Å². The molecule has 0 saturated carbocycles. The molecule has 0 aromatic rings. The second kappa shape index (κ2) is 12.5. The van der Waals surface area contributed by atoms with Gasteiger partial charge in [-0.2, -0.15) is 0 Å². The maximum Gasteiger partial charge on any atom is 0.320 e. The number of aliphatic carboxylic acids is 1. The molecule has 0 amide bonds. The van der Waals surface area contributed by atoms with Gasteiger partial charge in [0.15, 0.2) is 6.29 Å². The van der Waals surface area contributed by atoms with Crippen LogP contribution in [0.5, 0.6) is 0 Å². The highest BCUT2D eigenvalue weighted by Gasteiger charge is 2.33. The van der Waals surface area contributed by atoms with Crippen molar-refractivity contribution in [2.75, 3.05) is 39.5 Å². The van der Waals surface area contributed by atoms with Gasteiger partial charge in [0.25, 0.3) is 0 Å². The van der Waals surface area contributed by atoms with E-state index in [1.165, 1.54) is 6.92 Å². The molecule has 0 aromatic heterocycles. The van der Waals surface area contributed by atoms with Gasteiger partial charge in [-0.25, -0.2) is 0 Å². The van der Waals surface area contributed by atoms with Gasteiger partial charge in [0.1, 0.15) is 18.2 Å². The first-order valence-corrected chi connectivity index (χ1v) is 9.01. The van der Waals surface area contributed by atoms with Crippen LogP contribution >= 0.6 is 0 Å². The van der Waals surface area contributed by atoms with Crippen LogP contribution in [0.25, 0.3) is 0 Å². The van der Waals surface area contributed by atoms with Gasteiger partial charge in [-0.05, 0) is 0 Å². The summed E-state index contributed by atoms with van der Waals surface area (Å²) in [5.41, 5.74) is 0. The molecule has 11 nitrogen and oxygen atoms in total. The highest BCUT2D eigenvalue weighted by Crippen LogP contribution is 2.13. The SMILES string of the molecule is CC(CO)C(O)C(O)C(O)C(O)OCCNCCO[C@H]1CN[C@H](C(=O)O)C1. The standard InChI is InChI=1S/C16H32N2O9/c1-9(8-19)12(20)13(21)14(22)16(25)27-5-3-17-2-4-26-10-6-11(15(23)24)18-7-10/h9-14,16-22,25H,2-8H2,1H3,(H,23,24)/t9?,10-,11+,12?,13?,14?,16?/m1/s1. The molecular formula is C16H32N2O9. The number of ether oxygens (including phenoxy) is 2. The van der Waals surface area contributed by atoms with E-state index in [1.54, 1.807) is 0 Å². The van der Waals surface area contributed by atoms with E-state index >= 15 is 0 Å². The number of carbonyl (C=O) groups is 1. The Bertz CT molecular complexity index is 429. The van der Waals surface area contributed by atoms with Crippen molar-refractivity contribution in [1.82, 2.24) is 10.6 Å². The van der Waals surface area contributed by atoms with Crippen molar-refractivity contribution < 1.29 is 44.9 Å². The lowest BCUT2D eigenvalue weighted by Gasteiger charge is -2.28. The van der Waals surface area contributed by atoms with Crippen molar-refractivity contribution in [3.63, 3.8) is 0 Å². The Hall–Kier alpha value is -0.890. The maximum absolute atomic E-state index is 10.8. The molecule has 1 aliphatic rings. The summed E-state index contributed by atoms with van der Waals surface area (Å²) in [7, 11) is 0. The summed E-state index contributed by atoms with van der Waals surface area (Å²) in [5.74, 6) is -1.55. The van der Waals surface area contributed by atoms with Gasteiger partial charge in [0.2, 0.25) is 0 Å². The van der Waals surface area contributed by atoms with Crippen LogP contribution < -0.4 is 10.6 Å². The average Bonchev–Trinajstić information content (AvgIpc) is 3.13. The average molecular weight is 396 g/mol. The van der Waals surface area contributed by atoms with Gasteiger partial charge in [-0.3, -0.25) is 4.79 Å². The van der Waals surface area contributed by atoms with Crippen LogP contribution in [0.2, 0.25) is 0 Å². The molecule has 1 rings (SSSR count). The molecule has 0 aromatic carbocycles. The van der Waals surface area contributed by atoms with Gasteiger partial charge < -0.3 is 50.7 Å². The molecule has 1 heterocycles. The smallest absolute Gasteiger partial charge is 0.320 e. The van der Waals surface area contributed by atoms with Gasteiger partial charge >= 0.3 is 5.97 Å². The van der Waals surface area contributed by atoms with E-state index in [-0.39, 0.29) is 19.3 Å². The fourth-order valence-electron chi connectivity index (χ4n) is 2.61. The lowest BCUT2D eigenvalue weighted by Crippen LogP contribution is -2.48. The van der Waals surface area contributed by atoms with E-state index in [2.05, 4.69) is 10.6 Å². The van der Waals surface area contributed by atoms with Crippen molar-refractivity contribution in [1.29, 1.82) is 0 Å². The van der Waals surface area contributed by atoms with Crippen molar-refractivity contribution in [2.24, 2.45) is 5.92 Å². The number of hydrogen-bond acceptors (Lipinski definition) is 10. The predicted octanol–water partition coefficient (Wildman–Crippen LogP) is -3.55. The number of aliphatic hydroxyl groups is 5. The zero-order valence-electron chi connectivity index (χ0n) is 15.4. The minimum atomic E-state index is -1.71. The largest absolute Gasteiger partial charge is 0.480 e. The quantitative estimate of drug-likeness (QED) is 0.108. The molecule has 11 heteroatoms. The Morgan fingerprint density at radius 2 is 1.81 bits per heavy atom. The number of aliphatic hydroxyl groups excluding tert-OH is 5. The van der Waals surface area contributed by atoms with E-state index < -0.39 is 42.5 Å². The Labute approximate surface area is 157 Å². The molecule has 0 bridgehead atoms. The summed E-state index contributed by atoms with van der Waals surface area (Å²) in [6.45, 7) is 2.87. The predicted molar refractivity (Wildman–Crippen MR) is 92.9 cm³/mol. The molecule has 160 valence electrons. The lowest BCUT2D eigenvalue weighted by molar-refractivity contribution is -0.206. The second-order valence-electron chi connectivity index (χ2n) is 6.67. The van der Waals surface area contributed by atoms with Crippen LogP contribution in [-0.4, -0.2) is 113 Å². The second-order valence-corrected chi connectivity index (χ2v) is 6.67. The van der Waals surface area contributed by atoms with Crippen LogP contribution in [-0.2, 0) is 14.3 Å².